The second kappa shape index (κ2) is 11.3. The smallest absolute Gasteiger partial charge is 0.326 e. The third-order valence-electron chi connectivity index (χ3n) is 5.51. The highest BCUT2D eigenvalue weighted by Crippen LogP contribution is 2.19. The summed E-state index contributed by atoms with van der Waals surface area (Å²) in [5, 5.41) is 24.0. The third kappa shape index (κ3) is 6.55. The Kier molecular flexibility index (Phi) is 8.77. The van der Waals surface area contributed by atoms with Gasteiger partial charge in [-0.05, 0) is 30.4 Å². The van der Waals surface area contributed by atoms with Crippen LogP contribution in [0.25, 0.3) is 10.9 Å². The van der Waals surface area contributed by atoms with Gasteiger partial charge in [0.05, 0.1) is 6.04 Å². The Morgan fingerprint density at radius 3 is 2.41 bits per heavy atom. The molecule has 0 aliphatic rings. The lowest BCUT2D eigenvalue weighted by Gasteiger charge is -2.26. The van der Waals surface area contributed by atoms with Gasteiger partial charge in [-0.2, -0.15) is 0 Å². The minimum absolute atomic E-state index is 0.251. The van der Waals surface area contributed by atoms with Gasteiger partial charge in [-0.15, -0.1) is 0 Å². The fraction of sp³-hybridized carbons (Fsp3) is 0.455. The van der Waals surface area contributed by atoms with Crippen LogP contribution in [-0.4, -0.2) is 57.1 Å². The largest absolute Gasteiger partial charge is 0.481 e. The van der Waals surface area contributed by atoms with Crippen LogP contribution in [0.4, 0.5) is 0 Å². The lowest BCUT2D eigenvalue weighted by atomic mass is 9.96. The predicted octanol–water partition coefficient (Wildman–Crippen LogP) is 1.00. The van der Waals surface area contributed by atoms with Crippen molar-refractivity contribution in [2.75, 3.05) is 0 Å². The topological polar surface area (TPSA) is 175 Å². The molecule has 2 aromatic rings. The van der Waals surface area contributed by atoms with E-state index in [1.54, 1.807) is 13.1 Å². The second-order valence-corrected chi connectivity index (χ2v) is 7.87. The maximum absolute atomic E-state index is 12.8. The lowest BCUT2D eigenvalue weighted by molar-refractivity contribution is -0.143. The number of H-pyrrole nitrogens is 1. The number of nitrogens with two attached hydrogens (primary N) is 1. The summed E-state index contributed by atoms with van der Waals surface area (Å²) in [6.07, 6.45) is 1.91. The number of carbonyl (C=O) groups excluding carboxylic acids is 2. The van der Waals surface area contributed by atoms with Crippen molar-refractivity contribution < 1.29 is 29.4 Å². The zero-order valence-corrected chi connectivity index (χ0v) is 18.1. The number of carbonyl (C=O) groups is 4. The van der Waals surface area contributed by atoms with Gasteiger partial charge in [0.1, 0.15) is 12.1 Å². The number of amides is 2. The number of carboxylic acids is 2. The van der Waals surface area contributed by atoms with Gasteiger partial charge in [-0.25, -0.2) is 4.79 Å². The Morgan fingerprint density at radius 2 is 1.78 bits per heavy atom. The van der Waals surface area contributed by atoms with E-state index in [4.69, 9.17) is 10.8 Å². The van der Waals surface area contributed by atoms with E-state index in [2.05, 4.69) is 15.6 Å². The summed E-state index contributed by atoms with van der Waals surface area (Å²) in [4.78, 5) is 50.8. The number of hydrogen-bond acceptors (Lipinski definition) is 5. The van der Waals surface area contributed by atoms with Crippen LogP contribution in [0.5, 0.6) is 0 Å². The van der Waals surface area contributed by atoms with Gasteiger partial charge < -0.3 is 31.6 Å². The first-order valence-corrected chi connectivity index (χ1v) is 10.5. The highest BCUT2D eigenvalue weighted by Gasteiger charge is 2.31. The molecular formula is C22H30N4O6. The molecule has 10 heteroatoms. The zero-order chi connectivity index (χ0) is 23.8. The third-order valence-corrected chi connectivity index (χ3v) is 5.51. The number of fused-ring (bicyclic) bond motifs is 1. The fourth-order valence-corrected chi connectivity index (χ4v) is 3.38. The first-order chi connectivity index (χ1) is 15.1. The minimum atomic E-state index is -1.37. The predicted molar refractivity (Wildman–Crippen MR) is 118 cm³/mol. The number of aromatic nitrogens is 1. The van der Waals surface area contributed by atoms with Crippen molar-refractivity contribution in [1.29, 1.82) is 0 Å². The maximum atomic E-state index is 12.8. The Balaban J connectivity index is 2.07. The van der Waals surface area contributed by atoms with E-state index in [9.17, 15) is 24.3 Å². The van der Waals surface area contributed by atoms with Crippen molar-refractivity contribution in [3.63, 3.8) is 0 Å². The Labute approximate surface area is 185 Å². The molecule has 0 unspecified atom stereocenters. The van der Waals surface area contributed by atoms with Crippen molar-refractivity contribution in [2.24, 2.45) is 11.7 Å². The molecule has 2 amide bonds. The standard InChI is InChI=1S/C22H30N4O6/c1-3-12(2)19(21(30)25-17(22(31)32)8-9-18(27)28)26-20(29)15(23)10-13-11-24-16-7-5-4-6-14(13)16/h4-7,11-12,15,17,19,24H,3,8-10,23H2,1-2H3,(H,25,30)(H,26,29)(H,27,28)(H,31,32)/t12-,15-,17-,19-/m0/s1. The monoisotopic (exact) mass is 446 g/mol. The highest BCUT2D eigenvalue weighted by molar-refractivity contribution is 5.92. The van der Waals surface area contributed by atoms with Crippen molar-refractivity contribution in [2.45, 2.75) is 57.7 Å². The van der Waals surface area contributed by atoms with Crippen LogP contribution in [0.3, 0.4) is 0 Å². The van der Waals surface area contributed by atoms with E-state index in [0.29, 0.717) is 6.42 Å². The van der Waals surface area contributed by atoms with E-state index < -0.39 is 48.3 Å². The molecule has 4 atom stereocenters. The number of aliphatic carboxylic acids is 2. The molecule has 1 aromatic heterocycles. The van der Waals surface area contributed by atoms with Gasteiger partial charge in [0.25, 0.3) is 0 Å². The molecule has 10 nitrogen and oxygen atoms in total. The summed E-state index contributed by atoms with van der Waals surface area (Å²) in [7, 11) is 0. The maximum Gasteiger partial charge on any atom is 0.326 e. The van der Waals surface area contributed by atoms with Crippen LogP contribution in [-0.2, 0) is 25.6 Å². The Morgan fingerprint density at radius 1 is 1.09 bits per heavy atom. The summed E-state index contributed by atoms with van der Waals surface area (Å²) in [5.74, 6) is -4.03. The molecule has 0 spiro atoms. The summed E-state index contributed by atoms with van der Waals surface area (Å²) in [6.45, 7) is 3.59. The quantitative estimate of drug-likeness (QED) is 0.282. The molecule has 7 N–H and O–H groups in total. The van der Waals surface area contributed by atoms with E-state index in [1.807, 2.05) is 31.2 Å². The molecule has 2 rings (SSSR count). The normalized spacial score (nSPS) is 14.8. The van der Waals surface area contributed by atoms with Crippen LogP contribution >= 0.6 is 0 Å². The molecular weight excluding hydrogens is 416 g/mol. The molecule has 0 radical (unpaired) electrons. The second-order valence-electron chi connectivity index (χ2n) is 7.87. The number of hydrogen-bond donors (Lipinski definition) is 6. The van der Waals surface area contributed by atoms with Crippen LogP contribution in [0.2, 0.25) is 0 Å². The number of para-hydroxylation sites is 1. The van der Waals surface area contributed by atoms with Crippen molar-refractivity contribution in [1.82, 2.24) is 15.6 Å². The first-order valence-electron chi connectivity index (χ1n) is 10.5. The number of aromatic amines is 1. The molecule has 0 saturated carbocycles. The number of nitrogens with one attached hydrogen (secondary N) is 3. The van der Waals surface area contributed by atoms with Gasteiger partial charge in [-0.1, -0.05) is 38.5 Å². The van der Waals surface area contributed by atoms with E-state index in [-0.39, 0.29) is 18.8 Å². The number of carboxylic acid groups (broad SMARTS) is 2. The van der Waals surface area contributed by atoms with Gasteiger partial charge in [-0.3, -0.25) is 14.4 Å². The van der Waals surface area contributed by atoms with E-state index in [1.165, 1.54) is 0 Å². The van der Waals surface area contributed by atoms with Crippen LogP contribution in [0, 0.1) is 5.92 Å². The van der Waals surface area contributed by atoms with E-state index >= 15 is 0 Å². The Bertz CT molecular complexity index is 972. The molecule has 0 aliphatic carbocycles. The van der Waals surface area contributed by atoms with Crippen LogP contribution in [0.15, 0.2) is 30.5 Å². The van der Waals surface area contributed by atoms with Crippen molar-refractivity contribution >= 4 is 34.7 Å². The molecule has 174 valence electrons. The Hall–Kier alpha value is -3.40. The van der Waals surface area contributed by atoms with Crippen molar-refractivity contribution in [3.8, 4) is 0 Å². The average molecular weight is 447 g/mol. The van der Waals surface area contributed by atoms with Gasteiger partial charge >= 0.3 is 11.9 Å². The van der Waals surface area contributed by atoms with Crippen molar-refractivity contribution in [3.05, 3.63) is 36.0 Å². The van der Waals surface area contributed by atoms with Crippen LogP contribution < -0.4 is 16.4 Å². The SMILES string of the molecule is CC[C@H](C)[C@H](NC(=O)[C@@H](N)Cc1c[nH]c2ccccc12)C(=O)N[C@@H](CCC(=O)O)C(=O)O. The number of rotatable bonds is 12. The molecule has 0 bridgehead atoms. The average Bonchev–Trinajstić information content (AvgIpc) is 3.16. The number of benzene rings is 1. The molecule has 0 saturated heterocycles. The molecule has 1 aromatic carbocycles. The minimum Gasteiger partial charge on any atom is -0.481 e. The molecule has 0 aliphatic heterocycles. The van der Waals surface area contributed by atoms with Crippen LogP contribution in [0.1, 0.15) is 38.7 Å². The first kappa shape index (κ1) is 24.9. The fourth-order valence-electron chi connectivity index (χ4n) is 3.38. The summed E-state index contributed by atoms with van der Waals surface area (Å²) >= 11 is 0. The van der Waals surface area contributed by atoms with Gasteiger partial charge in [0.15, 0.2) is 0 Å². The van der Waals surface area contributed by atoms with Gasteiger partial charge in [0, 0.05) is 23.5 Å². The van der Waals surface area contributed by atoms with Gasteiger partial charge in [0.2, 0.25) is 11.8 Å². The zero-order valence-electron chi connectivity index (χ0n) is 18.1. The summed E-state index contributed by atoms with van der Waals surface area (Å²) in [6, 6.07) is 4.32. The van der Waals surface area contributed by atoms with E-state index in [0.717, 1.165) is 16.5 Å². The lowest BCUT2D eigenvalue weighted by Crippen LogP contribution is -2.57. The molecule has 1 heterocycles. The highest BCUT2D eigenvalue weighted by atomic mass is 16.4. The summed E-state index contributed by atoms with van der Waals surface area (Å²) < 4.78 is 0. The molecule has 32 heavy (non-hydrogen) atoms. The molecule has 0 fully saturated rings. The summed E-state index contributed by atoms with van der Waals surface area (Å²) in [5.41, 5.74) is 7.90.